The second-order valence-electron chi connectivity index (χ2n) is 8.94. The minimum atomic E-state index is -0.518. The maximum absolute atomic E-state index is 13.1. The van der Waals surface area contributed by atoms with E-state index in [9.17, 15) is 9.59 Å². The van der Waals surface area contributed by atoms with Crippen molar-refractivity contribution in [1.29, 1.82) is 0 Å². The number of amides is 1. The third kappa shape index (κ3) is 4.24. The summed E-state index contributed by atoms with van der Waals surface area (Å²) in [6.45, 7) is 7.95. The lowest BCUT2D eigenvalue weighted by molar-refractivity contribution is -0.156. The number of fused-ring (bicyclic) bond motifs is 1. The maximum atomic E-state index is 13.1. The Morgan fingerprint density at radius 1 is 0.903 bits per heavy atom. The molecule has 4 rings (SSSR count). The summed E-state index contributed by atoms with van der Waals surface area (Å²) in [6.07, 6.45) is 0. The van der Waals surface area contributed by atoms with Gasteiger partial charge in [0.25, 0.3) is 5.91 Å². The van der Waals surface area contributed by atoms with Gasteiger partial charge in [0.05, 0.1) is 12.5 Å². The lowest BCUT2D eigenvalue weighted by Crippen LogP contribution is -2.27. The Bertz CT molecular complexity index is 1110. The first kappa shape index (κ1) is 20.9. The molecule has 3 aromatic rings. The molecule has 1 unspecified atom stereocenters. The molecule has 4 nitrogen and oxygen atoms in total. The van der Waals surface area contributed by atoms with Crippen LogP contribution in [0.15, 0.2) is 72.8 Å². The van der Waals surface area contributed by atoms with Crippen LogP contribution in [0.2, 0.25) is 0 Å². The van der Waals surface area contributed by atoms with E-state index >= 15 is 0 Å². The summed E-state index contributed by atoms with van der Waals surface area (Å²) in [4.78, 5) is 27.3. The second kappa shape index (κ2) is 8.03. The molecule has 4 heteroatoms. The van der Waals surface area contributed by atoms with Gasteiger partial charge in [-0.2, -0.15) is 0 Å². The van der Waals surface area contributed by atoms with Crippen LogP contribution in [0, 0.1) is 0 Å². The molecule has 0 aromatic heterocycles. The SMILES string of the molecule is CC(C(=O)OC(C)(C)C)c1ccc(N2Cc3c(cccc3-c3ccccc3)C2=O)cc1. The third-order valence-electron chi connectivity index (χ3n) is 5.52. The summed E-state index contributed by atoms with van der Waals surface area (Å²) in [7, 11) is 0. The van der Waals surface area contributed by atoms with Crippen molar-refractivity contribution in [2.45, 2.75) is 45.8 Å². The van der Waals surface area contributed by atoms with E-state index in [4.69, 9.17) is 4.74 Å². The lowest BCUT2D eigenvalue weighted by atomic mass is 9.97. The van der Waals surface area contributed by atoms with Crippen LogP contribution in [0.3, 0.4) is 0 Å². The highest BCUT2D eigenvalue weighted by atomic mass is 16.6. The molecule has 1 atom stereocenters. The van der Waals surface area contributed by atoms with Crippen LogP contribution < -0.4 is 4.90 Å². The number of hydrogen-bond donors (Lipinski definition) is 0. The third-order valence-corrected chi connectivity index (χ3v) is 5.52. The van der Waals surface area contributed by atoms with Crippen molar-refractivity contribution in [3.05, 3.63) is 89.5 Å². The largest absolute Gasteiger partial charge is 0.460 e. The monoisotopic (exact) mass is 413 g/mol. The van der Waals surface area contributed by atoms with Gasteiger partial charge in [-0.15, -0.1) is 0 Å². The van der Waals surface area contributed by atoms with Crippen molar-refractivity contribution in [2.75, 3.05) is 4.90 Å². The zero-order chi connectivity index (χ0) is 22.2. The molecule has 3 aromatic carbocycles. The minimum Gasteiger partial charge on any atom is -0.460 e. The smallest absolute Gasteiger partial charge is 0.313 e. The Labute approximate surface area is 183 Å². The molecule has 0 bridgehead atoms. The Morgan fingerprint density at radius 2 is 1.55 bits per heavy atom. The summed E-state index contributed by atoms with van der Waals surface area (Å²) in [5, 5.41) is 0. The van der Waals surface area contributed by atoms with E-state index in [1.165, 1.54) is 0 Å². The predicted molar refractivity (Wildman–Crippen MR) is 123 cm³/mol. The summed E-state index contributed by atoms with van der Waals surface area (Å²) >= 11 is 0. The number of nitrogens with zero attached hydrogens (tertiary/aromatic N) is 1. The number of carbonyl (C=O) groups is 2. The van der Waals surface area contributed by atoms with Crippen molar-refractivity contribution in [3.8, 4) is 11.1 Å². The Hall–Kier alpha value is -3.40. The molecule has 0 saturated carbocycles. The van der Waals surface area contributed by atoms with Crippen LogP contribution in [0.4, 0.5) is 5.69 Å². The van der Waals surface area contributed by atoms with Crippen molar-refractivity contribution < 1.29 is 14.3 Å². The zero-order valence-corrected chi connectivity index (χ0v) is 18.4. The number of esters is 1. The second-order valence-corrected chi connectivity index (χ2v) is 8.94. The van der Waals surface area contributed by atoms with Gasteiger partial charge in [-0.25, -0.2) is 0 Å². The highest BCUT2D eigenvalue weighted by Crippen LogP contribution is 2.35. The molecule has 0 saturated heterocycles. The number of ether oxygens (including phenoxy) is 1. The molecule has 1 amide bonds. The van der Waals surface area contributed by atoms with Gasteiger partial charge in [-0.3, -0.25) is 9.59 Å². The van der Waals surface area contributed by atoms with E-state index in [2.05, 4.69) is 18.2 Å². The highest BCUT2D eigenvalue weighted by molar-refractivity contribution is 6.11. The maximum Gasteiger partial charge on any atom is 0.313 e. The molecule has 158 valence electrons. The predicted octanol–water partition coefficient (Wildman–Crippen LogP) is 5.96. The van der Waals surface area contributed by atoms with E-state index in [0.29, 0.717) is 6.54 Å². The molecular formula is C27H27NO3. The van der Waals surface area contributed by atoms with Gasteiger partial charge in [0.1, 0.15) is 5.60 Å². The van der Waals surface area contributed by atoms with E-state index in [1.807, 2.05) is 82.3 Å². The number of benzene rings is 3. The van der Waals surface area contributed by atoms with Crippen LogP contribution in [0.5, 0.6) is 0 Å². The molecule has 1 heterocycles. The molecule has 1 aliphatic rings. The van der Waals surface area contributed by atoms with Gasteiger partial charge in [-0.05, 0) is 68.1 Å². The fourth-order valence-electron chi connectivity index (χ4n) is 3.90. The molecule has 0 fully saturated rings. The van der Waals surface area contributed by atoms with Gasteiger partial charge in [0, 0.05) is 11.3 Å². The fraction of sp³-hybridized carbons (Fsp3) is 0.259. The summed E-state index contributed by atoms with van der Waals surface area (Å²) in [6, 6.07) is 23.6. The minimum absolute atomic E-state index is 0.000668. The summed E-state index contributed by atoms with van der Waals surface area (Å²) < 4.78 is 5.50. The Morgan fingerprint density at radius 3 is 2.19 bits per heavy atom. The fourth-order valence-corrected chi connectivity index (χ4v) is 3.90. The number of hydrogen-bond acceptors (Lipinski definition) is 3. The number of anilines is 1. The quantitative estimate of drug-likeness (QED) is 0.496. The van der Waals surface area contributed by atoms with E-state index < -0.39 is 5.60 Å². The molecule has 0 radical (unpaired) electrons. The van der Waals surface area contributed by atoms with Crippen molar-refractivity contribution >= 4 is 17.6 Å². The van der Waals surface area contributed by atoms with Crippen LogP contribution in [-0.4, -0.2) is 17.5 Å². The molecule has 1 aliphatic heterocycles. The Balaban J connectivity index is 1.57. The molecular weight excluding hydrogens is 386 g/mol. The Kier molecular flexibility index (Phi) is 5.40. The average Bonchev–Trinajstić information content (AvgIpc) is 3.09. The molecule has 0 aliphatic carbocycles. The first-order valence-electron chi connectivity index (χ1n) is 10.6. The summed E-state index contributed by atoms with van der Waals surface area (Å²) in [5.74, 6) is -0.623. The van der Waals surface area contributed by atoms with Crippen LogP contribution in [0.1, 0.15) is 55.1 Å². The van der Waals surface area contributed by atoms with Crippen molar-refractivity contribution in [1.82, 2.24) is 0 Å². The number of carbonyl (C=O) groups excluding carboxylic acids is 2. The topological polar surface area (TPSA) is 46.6 Å². The van der Waals surface area contributed by atoms with Crippen molar-refractivity contribution in [2.24, 2.45) is 0 Å². The lowest BCUT2D eigenvalue weighted by Gasteiger charge is -2.23. The molecule has 0 spiro atoms. The van der Waals surface area contributed by atoms with Gasteiger partial charge in [-0.1, -0.05) is 54.6 Å². The van der Waals surface area contributed by atoms with Gasteiger partial charge in [0.15, 0.2) is 0 Å². The van der Waals surface area contributed by atoms with E-state index in [1.54, 1.807) is 4.90 Å². The van der Waals surface area contributed by atoms with Gasteiger partial charge < -0.3 is 9.64 Å². The van der Waals surface area contributed by atoms with Crippen LogP contribution in [-0.2, 0) is 16.1 Å². The normalized spacial score (nSPS) is 14.3. The summed E-state index contributed by atoms with van der Waals surface area (Å²) in [5.41, 5.74) is 5.15. The first-order chi connectivity index (χ1) is 14.7. The van der Waals surface area contributed by atoms with Crippen LogP contribution >= 0.6 is 0 Å². The highest BCUT2D eigenvalue weighted by Gasteiger charge is 2.31. The van der Waals surface area contributed by atoms with Gasteiger partial charge >= 0.3 is 5.97 Å². The first-order valence-corrected chi connectivity index (χ1v) is 10.6. The standard InChI is InChI=1S/C27H27NO3/c1-18(26(30)31-27(2,3)4)19-13-15-21(16-14-19)28-17-24-22(20-9-6-5-7-10-20)11-8-12-23(24)25(28)29/h5-16,18H,17H2,1-4H3. The molecule has 0 N–H and O–H groups in total. The van der Waals surface area contributed by atoms with Crippen LogP contribution in [0.25, 0.3) is 11.1 Å². The van der Waals surface area contributed by atoms with Crippen molar-refractivity contribution in [3.63, 3.8) is 0 Å². The van der Waals surface area contributed by atoms with E-state index in [0.717, 1.165) is 33.5 Å². The zero-order valence-electron chi connectivity index (χ0n) is 18.4. The number of rotatable bonds is 4. The van der Waals surface area contributed by atoms with E-state index in [-0.39, 0.29) is 17.8 Å². The molecule has 31 heavy (non-hydrogen) atoms. The van der Waals surface area contributed by atoms with Gasteiger partial charge in [0.2, 0.25) is 0 Å². The average molecular weight is 414 g/mol.